The van der Waals surface area contributed by atoms with Crippen LogP contribution < -0.4 is 5.32 Å². The van der Waals surface area contributed by atoms with Crippen LogP contribution in [0.3, 0.4) is 0 Å². The third kappa shape index (κ3) is 3.94. The standard InChI is InChI=1S/C22H27N3O5/c1-4-10-22(11-5-2)20(28)25(21(29)24-22)13-18(26)30-14(3)19(27)16-12-23-17-9-7-6-8-15(16)17/h6-9,12,14,23H,4-5,10-11,13H2,1-3H3,(H,24,29)/t14-/m1/s1. The van der Waals surface area contributed by atoms with Crippen LogP contribution in [-0.2, 0) is 14.3 Å². The first kappa shape index (κ1) is 21.5. The molecule has 2 N–H and O–H groups in total. The number of hydrogen-bond acceptors (Lipinski definition) is 5. The Kier molecular flexibility index (Phi) is 6.24. The first-order valence-electron chi connectivity index (χ1n) is 10.3. The van der Waals surface area contributed by atoms with Crippen LogP contribution in [0, 0.1) is 0 Å². The number of ketones is 1. The van der Waals surface area contributed by atoms with Gasteiger partial charge < -0.3 is 15.0 Å². The van der Waals surface area contributed by atoms with E-state index in [0.29, 0.717) is 18.4 Å². The fourth-order valence-electron chi connectivity index (χ4n) is 4.05. The first-order valence-corrected chi connectivity index (χ1v) is 10.3. The normalized spacial score (nSPS) is 16.6. The number of aromatic nitrogens is 1. The molecule has 1 aliphatic heterocycles. The number of urea groups is 1. The van der Waals surface area contributed by atoms with Gasteiger partial charge in [-0.15, -0.1) is 0 Å². The van der Waals surface area contributed by atoms with Crippen LogP contribution in [0.4, 0.5) is 4.79 Å². The van der Waals surface area contributed by atoms with E-state index in [9.17, 15) is 19.2 Å². The van der Waals surface area contributed by atoms with Gasteiger partial charge in [0.15, 0.2) is 6.10 Å². The van der Waals surface area contributed by atoms with E-state index < -0.39 is 36.1 Å². The highest BCUT2D eigenvalue weighted by atomic mass is 16.5. The zero-order valence-electron chi connectivity index (χ0n) is 17.5. The number of H-pyrrole nitrogens is 1. The molecule has 1 aliphatic rings. The van der Waals surface area contributed by atoms with Gasteiger partial charge in [-0.1, -0.05) is 44.9 Å². The highest BCUT2D eigenvalue weighted by molar-refractivity contribution is 6.11. The number of benzene rings is 1. The number of nitrogens with zero attached hydrogens (tertiary/aromatic N) is 1. The molecule has 3 rings (SSSR count). The summed E-state index contributed by atoms with van der Waals surface area (Å²) in [5, 5.41) is 3.49. The zero-order chi connectivity index (χ0) is 21.9. The number of hydrogen-bond donors (Lipinski definition) is 2. The maximum atomic E-state index is 12.9. The summed E-state index contributed by atoms with van der Waals surface area (Å²) in [7, 11) is 0. The predicted molar refractivity (Wildman–Crippen MR) is 111 cm³/mol. The molecule has 0 unspecified atom stereocenters. The highest BCUT2D eigenvalue weighted by Crippen LogP contribution is 2.28. The molecule has 0 bridgehead atoms. The van der Waals surface area contributed by atoms with Gasteiger partial charge in [0.1, 0.15) is 12.1 Å². The second kappa shape index (κ2) is 8.69. The number of para-hydroxylation sites is 1. The van der Waals surface area contributed by atoms with Crippen molar-refractivity contribution in [3.63, 3.8) is 0 Å². The number of nitrogens with one attached hydrogen (secondary N) is 2. The monoisotopic (exact) mass is 413 g/mol. The molecule has 0 saturated carbocycles. The van der Waals surface area contributed by atoms with E-state index in [0.717, 1.165) is 28.6 Å². The zero-order valence-corrected chi connectivity index (χ0v) is 17.5. The Labute approximate surface area is 174 Å². The second-order valence-electron chi connectivity index (χ2n) is 7.65. The highest BCUT2D eigenvalue weighted by Gasteiger charge is 2.50. The van der Waals surface area contributed by atoms with E-state index in [1.807, 2.05) is 38.1 Å². The smallest absolute Gasteiger partial charge is 0.326 e. The lowest BCUT2D eigenvalue weighted by Gasteiger charge is -2.25. The quantitative estimate of drug-likeness (QED) is 0.373. The third-order valence-electron chi connectivity index (χ3n) is 5.42. The van der Waals surface area contributed by atoms with Crippen molar-refractivity contribution in [1.82, 2.24) is 15.2 Å². The van der Waals surface area contributed by atoms with Crippen molar-refractivity contribution in [2.24, 2.45) is 0 Å². The van der Waals surface area contributed by atoms with Gasteiger partial charge in [0.2, 0.25) is 5.78 Å². The number of carbonyl (C=O) groups excluding carboxylic acids is 4. The van der Waals surface area contributed by atoms with Crippen molar-refractivity contribution in [1.29, 1.82) is 0 Å². The molecule has 0 radical (unpaired) electrons. The van der Waals surface area contributed by atoms with Crippen molar-refractivity contribution < 1.29 is 23.9 Å². The molecule has 1 atom stereocenters. The largest absolute Gasteiger partial charge is 0.453 e. The topological polar surface area (TPSA) is 109 Å². The first-order chi connectivity index (χ1) is 14.3. The SMILES string of the molecule is CCCC1(CCC)NC(=O)N(CC(=O)O[C@H](C)C(=O)c2c[nH]c3ccccc23)C1=O. The lowest BCUT2D eigenvalue weighted by atomic mass is 9.88. The second-order valence-corrected chi connectivity index (χ2v) is 7.65. The van der Waals surface area contributed by atoms with Gasteiger partial charge in [0, 0.05) is 22.7 Å². The minimum absolute atomic E-state index is 0.357. The molecule has 1 saturated heterocycles. The van der Waals surface area contributed by atoms with Crippen molar-refractivity contribution >= 4 is 34.6 Å². The summed E-state index contributed by atoms with van der Waals surface area (Å²) < 4.78 is 5.26. The maximum absolute atomic E-state index is 12.9. The van der Waals surface area contributed by atoms with Gasteiger partial charge in [0.05, 0.1) is 0 Å². The summed E-state index contributed by atoms with van der Waals surface area (Å²) in [4.78, 5) is 54.3. The van der Waals surface area contributed by atoms with E-state index >= 15 is 0 Å². The Morgan fingerprint density at radius 1 is 1.13 bits per heavy atom. The van der Waals surface area contributed by atoms with Crippen molar-refractivity contribution in [2.75, 3.05) is 6.54 Å². The Balaban J connectivity index is 1.67. The number of rotatable bonds is 9. The summed E-state index contributed by atoms with van der Waals surface area (Å²) in [6.45, 7) is 4.83. The number of amides is 3. The molecule has 8 heteroatoms. The minimum Gasteiger partial charge on any atom is -0.453 e. The summed E-state index contributed by atoms with van der Waals surface area (Å²) in [5.74, 6) is -1.57. The van der Waals surface area contributed by atoms with Crippen LogP contribution in [0.25, 0.3) is 10.9 Å². The third-order valence-corrected chi connectivity index (χ3v) is 5.42. The van der Waals surface area contributed by atoms with Gasteiger partial charge in [-0.05, 0) is 25.8 Å². The van der Waals surface area contributed by atoms with Crippen LogP contribution in [0.5, 0.6) is 0 Å². The van der Waals surface area contributed by atoms with Crippen molar-refractivity contribution in [3.8, 4) is 0 Å². The van der Waals surface area contributed by atoms with Crippen LogP contribution in [0.15, 0.2) is 30.5 Å². The van der Waals surface area contributed by atoms with E-state index in [4.69, 9.17) is 4.74 Å². The molecule has 0 aliphatic carbocycles. The summed E-state index contributed by atoms with van der Waals surface area (Å²) >= 11 is 0. The van der Waals surface area contributed by atoms with E-state index in [-0.39, 0.29) is 5.78 Å². The number of fused-ring (bicyclic) bond motifs is 1. The van der Waals surface area contributed by atoms with Crippen LogP contribution in [0.1, 0.15) is 56.8 Å². The number of esters is 1. The predicted octanol–water partition coefficient (Wildman–Crippen LogP) is 3.17. The Morgan fingerprint density at radius 3 is 2.47 bits per heavy atom. The molecule has 8 nitrogen and oxygen atoms in total. The van der Waals surface area contributed by atoms with E-state index in [2.05, 4.69) is 10.3 Å². The molecule has 0 spiro atoms. The van der Waals surface area contributed by atoms with Crippen LogP contribution >= 0.6 is 0 Å². The molecule has 2 aromatic rings. The number of imide groups is 1. The molecule has 1 aromatic heterocycles. The molecule has 160 valence electrons. The van der Waals surface area contributed by atoms with E-state index in [1.165, 1.54) is 6.92 Å². The molecular weight excluding hydrogens is 386 g/mol. The van der Waals surface area contributed by atoms with Crippen molar-refractivity contribution in [3.05, 3.63) is 36.0 Å². The molecule has 1 aromatic carbocycles. The summed E-state index contributed by atoms with van der Waals surface area (Å²) in [6.07, 6.45) is 2.99. The lowest BCUT2D eigenvalue weighted by Crippen LogP contribution is -2.47. The molecule has 2 heterocycles. The number of carbonyl (C=O) groups is 4. The summed E-state index contributed by atoms with van der Waals surface area (Å²) in [6, 6.07) is 6.72. The maximum Gasteiger partial charge on any atom is 0.326 e. The number of aromatic amines is 1. The van der Waals surface area contributed by atoms with Gasteiger partial charge in [0.25, 0.3) is 5.91 Å². The minimum atomic E-state index is -1.05. The molecule has 1 fully saturated rings. The van der Waals surface area contributed by atoms with Gasteiger partial charge in [-0.2, -0.15) is 0 Å². The van der Waals surface area contributed by atoms with Gasteiger partial charge in [-0.25, -0.2) is 4.79 Å². The van der Waals surface area contributed by atoms with Crippen LogP contribution in [-0.4, -0.2) is 51.8 Å². The molecule has 3 amide bonds. The molecular formula is C22H27N3O5. The average Bonchev–Trinajstić information content (AvgIpc) is 3.23. The van der Waals surface area contributed by atoms with Crippen molar-refractivity contribution in [2.45, 2.75) is 58.1 Å². The van der Waals surface area contributed by atoms with Gasteiger partial charge >= 0.3 is 12.0 Å². The lowest BCUT2D eigenvalue weighted by molar-refractivity contribution is -0.150. The van der Waals surface area contributed by atoms with Gasteiger partial charge in [-0.3, -0.25) is 19.3 Å². The Hall–Kier alpha value is -3.16. The number of Topliss-reactive ketones (excluding diaryl/α,β-unsaturated/α-hetero) is 1. The molecule has 30 heavy (non-hydrogen) atoms. The summed E-state index contributed by atoms with van der Waals surface area (Å²) in [5.41, 5.74) is 0.263. The van der Waals surface area contributed by atoms with Crippen LogP contribution in [0.2, 0.25) is 0 Å². The Bertz CT molecular complexity index is 974. The average molecular weight is 413 g/mol. The Morgan fingerprint density at radius 2 is 1.80 bits per heavy atom. The fraction of sp³-hybridized carbons (Fsp3) is 0.455. The van der Waals surface area contributed by atoms with E-state index in [1.54, 1.807) is 6.20 Å². The number of ether oxygens (including phenoxy) is 1. The fourth-order valence-corrected chi connectivity index (χ4v) is 4.05.